The van der Waals surface area contributed by atoms with Crippen molar-refractivity contribution in [1.29, 1.82) is 0 Å². The molecule has 0 spiro atoms. The van der Waals surface area contributed by atoms with Gasteiger partial charge in [-0.15, -0.1) is 11.3 Å². The summed E-state index contributed by atoms with van der Waals surface area (Å²) in [6, 6.07) is 6.00. The van der Waals surface area contributed by atoms with Crippen LogP contribution in [0.25, 0.3) is 11.5 Å². The quantitative estimate of drug-likeness (QED) is 0.740. The van der Waals surface area contributed by atoms with Gasteiger partial charge in [0.1, 0.15) is 5.69 Å². The predicted molar refractivity (Wildman–Crippen MR) is 80.9 cm³/mol. The van der Waals surface area contributed by atoms with Gasteiger partial charge in [-0.25, -0.2) is 15.0 Å². The summed E-state index contributed by atoms with van der Waals surface area (Å²) < 4.78 is 2.13. The van der Waals surface area contributed by atoms with E-state index >= 15 is 0 Å². The molecule has 0 bridgehead atoms. The standard InChI is InChI=1S/C15H16N4S/c1-10-5-4-6-13(17-10)15-16-7-8-19(15)9-14-11(2)18-12(3)20-14/h4-8H,9H2,1-3H3. The fraction of sp³-hybridized carbons (Fsp3) is 0.267. The molecule has 3 rings (SSSR count). The Morgan fingerprint density at radius 2 is 2.00 bits per heavy atom. The minimum Gasteiger partial charge on any atom is -0.324 e. The molecule has 20 heavy (non-hydrogen) atoms. The third-order valence-electron chi connectivity index (χ3n) is 3.15. The van der Waals surface area contributed by atoms with Crippen molar-refractivity contribution in [3.8, 4) is 11.5 Å². The Labute approximate surface area is 122 Å². The molecule has 0 aliphatic rings. The van der Waals surface area contributed by atoms with Crippen molar-refractivity contribution in [2.24, 2.45) is 0 Å². The Morgan fingerprint density at radius 1 is 1.15 bits per heavy atom. The van der Waals surface area contributed by atoms with Gasteiger partial charge in [0, 0.05) is 23.0 Å². The molecule has 0 unspecified atom stereocenters. The number of hydrogen-bond donors (Lipinski definition) is 0. The van der Waals surface area contributed by atoms with Gasteiger partial charge in [-0.05, 0) is 32.9 Å². The summed E-state index contributed by atoms with van der Waals surface area (Å²) in [5.41, 5.74) is 3.01. The van der Waals surface area contributed by atoms with Crippen LogP contribution in [-0.2, 0) is 6.54 Å². The third-order valence-corrected chi connectivity index (χ3v) is 4.20. The molecule has 102 valence electrons. The number of thiazole rings is 1. The van der Waals surface area contributed by atoms with Crippen LogP contribution in [0.1, 0.15) is 21.3 Å². The van der Waals surface area contributed by atoms with Crippen LogP contribution < -0.4 is 0 Å². The summed E-state index contributed by atoms with van der Waals surface area (Å²) in [5.74, 6) is 0.902. The molecule has 0 fully saturated rings. The minimum atomic E-state index is 0.794. The van der Waals surface area contributed by atoms with Crippen molar-refractivity contribution >= 4 is 11.3 Å². The summed E-state index contributed by atoms with van der Waals surface area (Å²) in [5, 5.41) is 1.10. The van der Waals surface area contributed by atoms with Crippen LogP contribution >= 0.6 is 11.3 Å². The molecule has 0 radical (unpaired) electrons. The van der Waals surface area contributed by atoms with Gasteiger partial charge in [0.05, 0.1) is 17.2 Å². The summed E-state index contributed by atoms with van der Waals surface area (Å²) in [6.07, 6.45) is 3.82. The van der Waals surface area contributed by atoms with E-state index in [0.717, 1.165) is 34.5 Å². The van der Waals surface area contributed by atoms with E-state index in [1.807, 2.05) is 44.4 Å². The number of aryl methyl sites for hydroxylation is 3. The Balaban J connectivity index is 1.96. The van der Waals surface area contributed by atoms with Gasteiger partial charge in [0.15, 0.2) is 5.82 Å². The number of aromatic nitrogens is 4. The number of imidazole rings is 1. The van der Waals surface area contributed by atoms with Crippen LogP contribution in [0, 0.1) is 20.8 Å². The van der Waals surface area contributed by atoms with E-state index in [-0.39, 0.29) is 0 Å². The average molecular weight is 284 g/mol. The maximum Gasteiger partial charge on any atom is 0.158 e. The lowest BCUT2D eigenvalue weighted by Crippen LogP contribution is -2.02. The first kappa shape index (κ1) is 13.0. The highest BCUT2D eigenvalue weighted by atomic mass is 32.1. The molecule has 3 heterocycles. The van der Waals surface area contributed by atoms with E-state index in [2.05, 4.69) is 26.4 Å². The molecule has 0 saturated carbocycles. The highest BCUT2D eigenvalue weighted by Gasteiger charge is 2.11. The first-order valence-electron chi connectivity index (χ1n) is 6.51. The molecule has 0 N–H and O–H groups in total. The molecule has 0 amide bonds. The van der Waals surface area contributed by atoms with Crippen molar-refractivity contribution in [2.75, 3.05) is 0 Å². The SMILES string of the molecule is Cc1cccc(-c2nccn2Cc2sc(C)nc2C)n1. The fourth-order valence-corrected chi connectivity index (χ4v) is 3.15. The second kappa shape index (κ2) is 5.17. The smallest absolute Gasteiger partial charge is 0.158 e. The fourth-order valence-electron chi connectivity index (χ4n) is 2.21. The van der Waals surface area contributed by atoms with Crippen LogP contribution in [0.3, 0.4) is 0 Å². The molecular formula is C15H16N4S. The second-order valence-corrected chi connectivity index (χ2v) is 6.07. The van der Waals surface area contributed by atoms with Gasteiger partial charge < -0.3 is 4.57 Å². The lowest BCUT2D eigenvalue weighted by Gasteiger charge is -2.07. The number of hydrogen-bond acceptors (Lipinski definition) is 4. The van der Waals surface area contributed by atoms with Crippen molar-refractivity contribution < 1.29 is 0 Å². The van der Waals surface area contributed by atoms with Crippen LogP contribution in [0.5, 0.6) is 0 Å². The molecule has 5 heteroatoms. The normalized spacial score (nSPS) is 10.9. The highest BCUT2D eigenvalue weighted by Crippen LogP contribution is 2.22. The number of pyridine rings is 1. The number of rotatable bonds is 3. The van der Waals surface area contributed by atoms with Crippen molar-refractivity contribution in [2.45, 2.75) is 27.3 Å². The zero-order valence-electron chi connectivity index (χ0n) is 11.8. The molecule has 0 atom stereocenters. The lowest BCUT2D eigenvalue weighted by atomic mass is 10.3. The zero-order chi connectivity index (χ0) is 14.1. The molecule has 0 aliphatic carbocycles. The van der Waals surface area contributed by atoms with E-state index in [4.69, 9.17) is 0 Å². The van der Waals surface area contributed by atoms with Gasteiger partial charge >= 0.3 is 0 Å². The van der Waals surface area contributed by atoms with Gasteiger partial charge in [-0.3, -0.25) is 0 Å². The van der Waals surface area contributed by atoms with E-state index < -0.39 is 0 Å². The first-order chi connectivity index (χ1) is 9.63. The van der Waals surface area contributed by atoms with Gasteiger partial charge in [-0.2, -0.15) is 0 Å². The van der Waals surface area contributed by atoms with Gasteiger partial charge in [0.25, 0.3) is 0 Å². The Bertz CT molecular complexity index is 742. The molecular weight excluding hydrogens is 268 g/mol. The van der Waals surface area contributed by atoms with E-state index in [1.54, 1.807) is 11.3 Å². The molecule has 4 nitrogen and oxygen atoms in total. The first-order valence-corrected chi connectivity index (χ1v) is 7.33. The molecule has 0 aromatic carbocycles. The zero-order valence-corrected chi connectivity index (χ0v) is 12.6. The molecule has 0 saturated heterocycles. The third kappa shape index (κ3) is 2.49. The van der Waals surface area contributed by atoms with Gasteiger partial charge in [-0.1, -0.05) is 6.07 Å². The minimum absolute atomic E-state index is 0.794. The second-order valence-electron chi connectivity index (χ2n) is 4.78. The maximum atomic E-state index is 4.55. The van der Waals surface area contributed by atoms with Crippen LogP contribution in [0.4, 0.5) is 0 Å². The monoisotopic (exact) mass is 284 g/mol. The van der Waals surface area contributed by atoms with E-state index in [0.29, 0.717) is 0 Å². The highest BCUT2D eigenvalue weighted by molar-refractivity contribution is 7.11. The Hall–Kier alpha value is -2.01. The summed E-state index contributed by atoms with van der Waals surface area (Å²) in [7, 11) is 0. The lowest BCUT2D eigenvalue weighted by molar-refractivity contribution is 0.807. The summed E-state index contributed by atoms with van der Waals surface area (Å²) in [6.45, 7) is 6.88. The molecule has 3 aromatic heterocycles. The van der Waals surface area contributed by atoms with Crippen molar-refractivity contribution in [3.05, 3.63) is 51.9 Å². The van der Waals surface area contributed by atoms with Crippen LogP contribution in [0.2, 0.25) is 0 Å². The Kier molecular flexibility index (Phi) is 3.36. The predicted octanol–water partition coefficient (Wildman–Crippen LogP) is 3.38. The van der Waals surface area contributed by atoms with Crippen molar-refractivity contribution in [3.63, 3.8) is 0 Å². The van der Waals surface area contributed by atoms with Crippen molar-refractivity contribution in [1.82, 2.24) is 19.5 Å². The maximum absolute atomic E-state index is 4.55. The van der Waals surface area contributed by atoms with Crippen LogP contribution in [-0.4, -0.2) is 19.5 Å². The largest absolute Gasteiger partial charge is 0.324 e. The topological polar surface area (TPSA) is 43.6 Å². The van der Waals surface area contributed by atoms with Crippen LogP contribution in [0.15, 0.2) is 30.6 Å². The Morgan fingerprint density at radius 3 is 2.70 bits per heavy atom. The van der Waals surface area contributed by atoms with Gasteiger partial charge in [0.2, 0.25) is 0 Å². The molecule has 0 aliphatic heterocycles. The van der Waals surface area contributed by atoms with E-state index in [1.165, 1.54) is 4.88 Å². The summed E-state index contributed by atoms with van der Waals surface area (Å²) in [4.78, 5) is 14.7. The summed E-state index contributed by atoms with van der Waals surface area (Å²) >= 11 is 1.74. The van der Waals surface area contributed by atoms with E-state index in [9.17, 15) is 0 Å². The number of nitrogens with zero attached hydrogens (tertiary/aromatic N) is 4. The molecule has 3 aromatic rings. The average Bonchev–Trinajstić information content (AvgIpc) is 2.97.